The molecule has 152 valence electrons. The minimum Gasteiger partial charge on any atom is -0.344 e. The zero-order valence-electron chi connectivity index (χ0n) is 17.1. The highest BCUT2D eigenvalue weighted by molar-refractivity contribution is 5.99. The van der Waals surface area contributed by atoms with Crippen LogP contribution in [0.3, 0.4) is 0 Å². The van der Waals surface area contributed by atoms with Gasteiger partial charge in [-0.05, 0) is 41.7 Å². The summed E-state index contributed by atoms with van der Waals surface area (Å²) < 4.78 is 0. The molecule has 0 aromatic heterocycles. The molecule has 1 aliphatic rings. The van der Waals surface area contributed by atoms with E-state index in [0.29, 0.717) is 12.2 Å². The summed E-state index contributed by atoms with van der Waals surface area (Å²) in [6.45, 7) is 6.02. The van der Waals surface area contributed by atoms with Crippen molar-refractivity contribution in [2.75, 3.05) is 16.8 Å². The fraction of sp³-hybridized carbons (Fsp3) is 0.348. The molecule has 0 saturated heterocycles. The second-order valence-corrected chi connectivity index (χ2v) is 7.70. The highest BCUT2D eigenvalue weighted by Crippen LogP contribution is 2.30. The van der Waals surface area contributed by atoms with Gasteiger partial charge in [0.25, 0.3) is 0 Å². The lowest BCUT2D eigenvalue weighted by molar-refractivity contribution is -0.127. The third-order valence-corrected chi connectivity index (χ3v) is 5.10. The van der Waals surface area contributed by atoms with E-state index in [-0.39, 0.29) is 30.1 Å². The zero-order chi connectivity index (χ0) is 21.0. The summed E-state index contributed by atoms with van der Waals surface area (Å²) >= 11 is 0. The topological polar surface area (TPSA) is 78.5 Å². The van der Waals surface area contributed by atoms with E-state index in [0.717, 1.165) is 23.2 Å². The van der Waals surface area contributed by atoms with Gasteiger partial charge < -0.3 is 15.5 Å². The number of hydrogen-bond donors (Lipinski definition) is 2. The van der Waals surface area contributed by atoms with Crippen molar-refractivity contribution in [2.24, 2.45) is 5.92 Å². The van der Waals surface area contributed by atoms with Crippen LogP contribution in [0.2, 0.25) is 0 Å². The molecule has 1 heterocycles. The number of anilines is 2. The minimum absolute atomic E-state index is 0.0153. The van der Waals surface area contributed by atoms with Gasteiger partial charge in [-0.2, -0.15) is 0 Å². The van der Waals surface area contributed by atoms with Gasteiger partial charge in [0.15, 0.2) is 0 Å². The first-order valence-corrected chi connectivity index (χ1v) is 9.90. The average Bonchev–Trinajstić information content (AvgIpc) is 3.10. The van der Waals surface area contributed by atoms with E-state index in [1.54, 1.807) is 17.9 Å². The molecule has 2 aromatic carbocycles. The predicted molar refractivity (Wildman–Crippen MR) is 114 cm³/mol. The number of carbonyl (C=O) groups excluding carboxylic acids is 3. The predicted octanol–water partition coefficient (Wildman–Crippen LogP) is 2.92. The summed E-state index contributed by atoms with van der Waals surface area (Å²) in [6, 6.07) is 14.4. The molecule has 3 amide bonds. The van der Waals surface area contributed by atoms with E-state index in [1.807, 2.05) is 56.3 Å². The van der Waals surface area contributed by atoms with Gasteiger partial charge in [0.05, 0.1) is 6.42 Å². The molecule has 6 nitrogen and oxygen atoms in total. The minimum atomic E-state index is -0.631. The lowest BCUT2D eigenvalue weighted by Gasteiger charge is -2.22. The molecule has 0 aliphatic carbocycles. The number of nitrogens with one attached hydrogen (secondary N) is 2. The summed E-state index contributed by atoms with van der Waals surface area (Å²) in [4.78, 5) is 38.7. The van der Waals surface area contributed by atoms with Crippen LogP contribution in [-0.4, -0.2) is 30.3 Å². The van der Waals surface area contributed by atoms with Crippen LogP contribution in [0.15, 0.2) is 48.5 Å². The Bertz CT molecular complexity index is 909. The molecule has 0 bridgehead atoms. The number of nitrogens with zero attached hydrogens (tertiary/aromatic N) is 1. The molecular weight excluding hydrogens is 366 g/mol. The van der Waals surface area contributed by atoms with E-state index in [2.05, 4.69) is 10.6 Å². The monoisotopic (exact) mass is 393 g/mol. The Hall–Kier alpha value is -3.15. The summed E-state index contributed by atoms with van der Waals surface area (Å²) in [5.74, 6) is -0.474. The van der Waals surface area contributed by atoms with Crippen LogP contribution < -0.4 is 15.5 Å². The third-order valence-electron chi connectivity index (χ3n) is 5.10. The standard InChI is InChI=1S/C23H27N3O3/c1-15(2)22(25-21(28)13-17-7-5-4-6-8-17)23(29)24-19-9-10-20-18(14-19)11-12-26(20)16(3)27/h4-10,14-15,22H,11-13H2,1-3H3,(H,24,29)(H,25,28)/t22-/m0/s1. The fourth-order valence-corrected chi connectivity index (χ4v) is 3.57. The first kappa shape index (κ1) is 20.6. The molecule has 3 rings (SSSR count). The smallest absolute Gasteiger partial charge is 0.247 e. The Morgan fingerprint density at radius 3 is 2.45 bits per heavy atom. The van der Waals surface area contributed by atoms with Crippen LogP contribution in [0, 0.1) is 5.92 Å². The summed E-state index contributed by atoms with van der Waals surface area (Å²) in [7, 11) is 0. The highest BCUT2D eigenvalue weighted by Gasteiger charge is 2.26. The van der Waals surface area contributed by atoms with Crippen molar-refractivity contribution in [1.82, 2.24) is 5.32 Å². The van der Waals surface area contributed by atoms with Gasteiger partial charge in [-0.25, -0.2) is 0 Å². The number of fused-ring (bicyclic) bond motifs is 1. The maximum atomic E-state index is 12.8. The van der Waals surface area contributed by atoms with Crippen molar-refractivity contribution >= 4 is 29.1 Å². The Kier molecular flexibility index (Phi) is 6.32. The quantitative estimate of drug-likeness (QED) is 0.792. The fourth-order valence-electron chi connectivity index (χ4n) is 3.57. The lowest BCUT2D eigenvalue weighted by atomic mass is 10.0. The number of benzene rings is 2. The van der Waals surface area contributed by atoms with Gasteiger partial charge in [0.2, 0.25) is 17.7 Å². The highest BCUT2D eigenvalue weighted by atomic mass is 16.2. The van der Waals surface area contributed by atoms with Crippen LogP contribution in [0.4, 0.5) is 11.4 Å². The van der Waals surface area contributed by atoms with Crippen molar-refractivity contribution in [3.8, 4) is 0 Å². The first-order valence-electron chi connectivity index (χ1n) is 9.90. The molecule has 6 heteroatoms. The normalized spacial score (nSPS) is 13.7. The molecule has 1 atom stereocenters. The van der Waals surface area contributed by atoms with Gasteiger partial charge in [-0.15, -0.1) is 0 Å². The van der Waals surface area contributed by atoms with E-state index < -0.39 is 6.04 Å². The maximum Gasteiger partial charge on any atom is 0.247 e. The number of amides is 3. The van der Waals surface area contributed by atoms with Crippen molar-refractivity contribution in [3.63, 3.8) is 0 Å². The Balaban J connectivity index is 1.66. The van der Waals surface area contributed by atoms with Crippen molar-refractivity contribution < 1.29 is 14.4 Å². The van der Waals surface area contributed by atoms with Crippen LogP contribution in [0.5, 0.6) is 0 Å². The SMILES string of the molecule is CC(=O)N1CCc2cc(NC(=O)[C@@H](NC(=O)Cc3ccccc3)C(C)C)ccc21. The van der Waals surface area contributed by atoms with Crippen LogP contribution in [0.1, 0.15) is 31.9 Å². The van der Waals surface area contributed by atoms with Crippen LogP contribution in [-0.2, 0) is 27.2 Å². The second kappa shape index (κ2) is 8.90. The lowest BCUT2D eigenvalue weighted by Crippen LogP contribution is -2.47. The van der Waals surface area contributed by atoms with Gasteiger partial charge in [0, 0.05) is 24.8 Å². The Morgan fingerprint density at radius 1 is 1.07 bits per heavy atom. The molecule has 0 spiro atoms. The van der Waals surface area contributed by atoms with Crippen LogP contribution in [0.25, 0.3) is 0 Å². The molecule has 1 aliphatic heterocycles. The molecule has 0 saturated carbocycles. The number of rotatable bonds is 6. The second-order valence-electron chi connectivity index (χ2n) is 7.70. The zero-order valence-corrected chi connectivity index (χ0v) is 17.1. The summed E-state index contributed by atoms with van der Waals surface area (Å²) in [5.41, 5.74) is 3.50. The van der Waals surface area contributed by atoms with Gasteiger partial charge in [-0.1, -0.05) is 44.2 Å². The van der Waals surface area contributed by atoms with Crippen LogP contribution >= 0.6 is 0 Å². The molecule has 29 heavy (non-hydrogen) atoms. The van der Waals surface area contributed by atoms with E-state index in [4.69, 9.17) is 0 Å². The van der Waals surface area contributed by atoms with E-state index >= 15 is 0 Å². The molecule has 0 unspecified atom stereocenters. The summed E-state index contributed by atoms with van der Waals surface area (Å²) in [5, 5.41) is 5.76. The third kappa shape index (κ3) is 5.02. The average molecular weight is 393 g/mol. The van der Waals surface area contributed by atoms with Gasteiger partial charge >= 0.3 is 0 Å². The Labute approximate surface area is 171 Å². The van der Waals surface area contributed by atoms with Gasteiger partial charge in [0.1, 0.15) is 6.04 Å². The first-order chi connectivity index (χ1) is 13.8. The Morgan fingerprint density at radius 2 is 1.79 bits per heavy atom. The number of hydrogen-bond acceptors (Lipinski definition) is 3. The van der Waals surface area contributed by atoms with Gasteiger partial charge in [-0.3, -0.25) is 14.4 Å². The largest absolute Gasteiger partial charge is 0.344 e. The number of carbonyl (C=O) groups is 3. The van der Waals surface area contributed by atoms with Crippen molar-refractivity contribution in [2.45, 2.75) is 39.7 Å². The maximum absolute atomic E-state index is 12.8. The molecule has 0 radical (unpaired) electrons. The summed E-state index contributed by atoms with van der Waals surface area (Å²) in [6.07, 6.45) is 0.997. The molecule has 0 fully saturated rings. The molecule has 2 aromatic rings. The van der Waals surface area contributed by atoms with E-state index in [1.165, 1.54) is 0 Å². The van der Waals surface area contributed by atoms with E-state index in [9.17, 15) is 14.4 Å². The molecule has 2 N–H and O–H groups in total. The molecular formula is C23H27N3O3. The van der Waals surface area contributed by atoms with Crippen molar-refractivity contribution in [3.05, 3.63) is 59.7 Å². The van der Waals surface area contributed by atoms with Crippen molar-refractivity contribution in [1.29, 1.82) is 0 Å².